The molecule has 1 aromatic rings. The van der Waals surface area contributed by atoms with E-state index >= 15 is 0 Å². The number of aliphatic carboxylic acids is 1. The van der Waals surface area contributed by atoms with Crippen molar-refractivity contribution in [2.24, 2.45) is 4.99 Å². The van der Waals surface area contributed by atoms with Gasteiger partial charge in [-0.05, 0) is 26.0 Å². The monoisotopic (exact) mass is 463 g/mol. The predicted octanol–water partition coefficient (Wildman–Crippen LogP) is 2.10. The van der Waals surface area contributed by atoms with Crippen molar-refractivity contribution in [1.82, 2.24) is 15.5 Å². The molecule has 2 aliphatic rings. The molecule has 32 heavy (non-hydrogen) atoms. The first-order valence-corrected chi connectivity index (χ1v) is 10.2. The third-order valence-electron chi connectivity index (χ3n) is 4.85. The van der Waals surface area contributed by atoms with Crippen molar-refractivity contribution in [1.29, 1.82) is 5.41 Å². The molecular weight excluding hydrogens is 441 g/mol. The van der Waals surface area contributed by atoms with E-state index in [0.29, 0.717) is 27.8 Å². The molecular formula is C21H23ClFN5O4. The summed E-state index contributed by atoms with van der Waals surface area (Å²) in [6.07, 6.45) is 0. The van der Waals surface area contributed by atoms with Crippen LogP contribution in [0.5, 0.6) is 5.75 Å². The lowest BCUT2D eigenvalue weighted by atomic mass is 10.1. The van der Waals surface area contributed by atoms with Gasteiger partial charge in [-0.1, -0.05) is 11.6 Å². The SMILES string of the molecule is CC1=N/C(=C2\CN(C(=O)c3ccc(F)cc3OCCNCC(=O)O)CC2=N)NC(C)=C1Cl. The molecule has 170 valence electrons. The van der Waals surface area contributed by atoms with Crippen LogP contribution in [0.2, 0.25) is 0 Å². The highest BCUT2D eigenvalue weighted by molar-refractivity contribution is 6.43. The fraction of sp³-hybridized carbons (Fsp3) is 0.333. The molecule has 3 rings (SSSR count). The van der Waals surface area contributed by atoms with E-state index in [1.807, 2.05) is 0 Å². The van der Waals surface area contributed by atoms with Crippen LogP contribution in [-0.2, 0) is 4.79 Å². The van der Waals surface area contributed by atoms with E-state index in [-0.39, 0.29) is 49.8 Å². The van der Waals surface area contributed by atoms with Gasteiger partial charge in [0.25, 0.3) is 5.91 Å². The zero-order chi connectivity index (χ0) is 23.4. The number of hydrogen-bond donors (Lipinski definition) is 4. The molecule has 0 spiro atoms. The molecule has 0 radical (unpaired) electrons. The van der Waals surface area contributed by atoms with Crippen LogP contribution >= 0.6 is 11.6 Å². The van der Waals surface area contributed by atoms with Crippen molar-refractivity contribution in [3.8, 4) is 5.75 Å². The maximum absolute atomic E-state index is 13.8. The first-order chi connectivity index (χ1) is 15.2. The molecule has 0 atom stereocenters. The minimum absolute atomic E-state index is 0.0480. The fourth-order valence-electron chi connectivity index (χ4n) is 3.27. The van der Waals surface area contributed by atoms with Gasteiger partial charge in [-0.25, -0.2) is 9.38 Å². The number of carbonyl (C=O) groups excluding carboxylic acids is 1. The number of ether oxygens (including phenoxy) is 1. The minimum Gasteiger partial charge on any atom is -0.491 e. The Morgan fingerprint density at radius 3 is 2.81 bits per heavy atom. The Bertz CT molecular complexity index is 1070. The van der Waals surface area contributed by atoms with Crippen LogP contribution in [0.15, 0.2) is 45.3 Å². The highest BCUT2D eigenvalue weighted by atomic mass is 35.5. The molecule has 1 saturated heterocycles. The van der Waals surface area contributed by atoms with Crippen molar-refractivity contribution < 1.29 is 23.8 Å². The second-order valence-electron chi connectivity index (χ2n) is 7.29. The summed E-state index contributed by atoms with van der Waals surface area (Å²) in [7, 11) is 0. The highest BCUT2D eigenvalue weighted by Crippen LogP contribution is 2.27. The number of benzene rings is 1. The summed E-state index contributed by atoms with van der Waals surface area (Å²) in [6.45, 7) is 3.81. The number of hydrogen-bond acceptors (Lipinski definition) is 7. The molecule has 1 aromatic carbocycles. The molecule has 0 saturated carbocycles. The van der Waals surface area contributed by atoms with Gasteiger partial charge in [-0.3, -0.25) is 9.59 Å². The Morgan fingerprint density at radius 1 is 1.38 bits per heavy atom. The third kappa shape index (κ3) is 5.32. The molecule has 0 bridgehead atoms. The van der Waals surface area contributed by atoms with Gasteiger partial charge >= 0.3 is 5.97 Å². The first-order valence-electron chi connectivity index (χ1n) is 9.81. The lowest BCUT2D eigenvalue weighted by Crippen LogP contribution is -2.30. The predicted molar refractivity (Wildman–Crippen MR) is 118 cm³/mol. The number of nitrogens with zero attached hydrogens (tertiary/aromatic N) is 2. The van der Waals surface area contributed by atoms with Gasteiger partial charge in [0.2, 0.25) is 0 Å². The molecule has 0 aliphatic carbocycles. The van der Waals surface area contributed by atoms with Crippen molar-refractivity contribution in [3.63, 3.8) is 0 Å². The minimum atomic E-state index is -1.01. The van der Waals surface area contributed by atoms with Crippen LogP contribution in [0.3, 0.4) is 0 Å². The fourth-order valence-corrected chi connectivity index (χ4v) is 3.36. The normalized spacial score (nSPS) is 18.6. The molecule has 0 unspecified atom stereocenters. The summed E-state index contributed by atoms with van der Waals surface area (Å²) in [4.78, 5) is 29.5. The van der Waals surface area contributed by atoms with Crippen LogP contribution in [0.25, 0.3) is 0 Å². The van der Waals surface area contributed by atoms with Crippen molar-refractivity contribution >= 4 is 34.9 Å². The molecule has 1 amide bonds. The van der Waals surface area contributed by atoms with Crippen LogP contribution in [0.1, 0.15) is 24.2 Å². The first kappa shape index (κ1) is 23.4. The Kier molecular flexibility index (Phi) is 7.26. The average molecular weight is 464 g/mol. The summed E-state index contributed by atoms with van der Waals surface area (Å²) in [6, 6.07) is 3.61. The number of aliphatic imine (C=N–C) groups is 1. The topological polar surface area (TPSA) is 127 Å². The van der Waals surface area contributed by atoms with Gasteiger partial charge in [0.1, 0.15) is 24.0 Å². The van der Waals surface area contributed by atoms with E-state index in [2.05, 4.69) is 15.6 Å². The molecule has 4 N–H and O–H groups in total. The lowest BCUT2D eigenvalue weighted by molar-refractivity contribution is -0.135. The van der Waals surface area contributed by atoms with Gasteiger partial charge in [0, 0.05) is 23.9 Å². The lowest BCUT2D eigenvalue weighted by Gasteiger charge is -2.19. The molecule has 11 heteroatoms. The van der Waals surface area contributed by atoms with Gasteiger partial charge < -0.3 is 30.8 Å². The van der Waals surface area contributed by atoms with E-state index in [9.17, 15) is 14.0 Å². The van der Waals surface area contributed by atoms with E-state index < -0.39 is 17.7 Å². The van der Waals surface area contributed by atoms with E-state index in [4.69, 9.17) is 26.9 Å². The third-order valence-corrected chi connectivity index (χ3v) is 5.41. The van der Waals surface area contributed by atoms with Gasteiger partial charge in [0.05, 0.1) is 41.7 Å². The summed E-state index contributed by atoms with van der Waals surface area (Å²) >= 11 is 6.16. The van der Waals surface area contributed by atoms with Crippen molar-refractivity contribution in [3.05, 3.63) is 51.7 Å². The highest BCUT2D eigenvalue weighted by Gasteiger charge is 2.32. The number of amides is 1. The number of carboxylic acid groups (broad SMARTS) is 1. The van der Waals surface area contributed by atoms with Crippen LogP contribution in [0, 0.1) is 11.2 Å². The number of carbonyl (C=O) groups is 2. The number of rotatable bonds is 7. The number of halogens is 2. The summed E-state index contributed by atoms with van der Waals surface area (Å²) in [5, 5.41) is 23.2. The zero-order valence-electron chi connectivity index (χ0n) is 17.6. The van der Waals surface area contributed by atoms with E-state index in [1.54, 1.807) is 13.8 Å². The zero-order valence-corrected chi connectivity index (χ0v) is 18.3. The van der Waals surface area contributed by atoms with Gasteiger partial charge in [-0.15, -0.1) is 0 Å². The standard InChI is InChI=1S/C21H23ClFN5O4/c1-11-19(22)12(2)27-20(26-11)15-9-28(10-16(15)24)21(31)14-4-3-13(23)7-17(14)32-6-5-25-8-18(29)30/h3-4,7,24-26H,5-6,8-10H2,1-2H3,(H,29,30)/b20-15+,24-16?. The number of nitrogens with one attached hydrogen (secondary N) is 3. The summed E-state index contributed by atoms with van der Waals surface area (Å²) < 4.78 is 19.3. The molecule has 2 aliphatic heterocycles. The molecule has 1 fully saturated rings. The van der Waals surface area contributed by atoms with Crippen LogP contribution < -0.4 is 15.4 Å². The second kappa shape index (κ2) is 9.92. The van der Waals surface area contributed by atoms with Crippen molar-refractivity contribution in [2.75, 3.05) is 32.8 Å². The Labute approximate surface area is 189 Å². The smallest absolute Gasteiger partial charge is 0.317 e. The number of carboxylic acids is 1. The van der Waals surface area contributed by atoms with Crippen LogP contribution in [0.4, 0.5) is 4.39 Å². The molecule has 0 aromatic heterocycles. The maximum Gasteiger partial charge on any atom is 0.317 e. The summed E-state index contributed by atoms with van der Waals surface area (Å²) in [5.74, 6) is -1.46. The quantitative estimate of drug-likeness (QED) is 0.459. The van der Waals surface area contributed by atoms with Gasteiger partial charge in [0.15, 0.2) is 0 Å². The van der Waals surface area contributed by atoms with E-state index in [1.165, 1.54) is 11.0 Å². The Morgan fingerprint density at radius 2 is 2.12 bits per heavy atom. The number of allylic oxidation sites excluding steroid dienone is 2. The Hall–Kier alpha value is -3.24. The molecule has 2 heterocycles. The molecule has 9 nitrogen and oxygen atoms in total. The Balaban J connectivity index is 1.75. The van der Waals surface area contributed by atoms with Gasteiger partial charge in [-0.2, -0.15) is 0 Å². The van der Waals surface area contributed by atoms with Crippen molar-refractivity contribution in [2.45, 2.75) is 13.8 Å². The maximum atomic E-state index is 13.8. The summed E-state index contributed by atoms with van der Waals surface area (Å²) in [5.41, 5.74) is 2.30. The van der Waals surface area contributed by atoms with Crippen LogP contribution in [-0.4, -0.2) is 66.1 Å². The second-order valence-corrected chi connectivity index (χ2v) is 7.67. The van der Waals surface area contributed by atoms with E-state index in [0.717, 1.165) is 12.1 Å². The average Bonchev–Trinajstić information content (AvgIpc) is 3.12. The number of likely N-dealkylation sites (tertiary alicyclic amines) is 1. The largest absolute Gasteiger partial charge is 0.491 e.